The van der Waals surface area contributed by atoms with Crippen LogP contribution in [-0.2, 0) is 0 Å². The van der Waals surface area contributed by atoms with Gasteiger partial charge in [0.05, 0.1) is 7.11 Å². The third-order valence-corrected chi connectivity index (χ3v) is 5.82. The standard InChI is InChI=1S/C19H22N2O3S/c1-23-17-6-7-18(25-17)24-16-4-2-14(3-5-16)19(22)20-15-10-13-8-9-21(11-13)12-15/h2-7,13,15H,8-12H2,1H3,(H,20,22)/t13-,15-/m1/s1. The van der Waals surface area contributed by atoms with Gasteiger partial charge in [-0.15, -0.1) is 0 Å². The maximum absolute atomic E-state index is 12.5. The zero-order valence-corrected chi connectivity index (χ0v) is 15.1. The first-order valence-corrected chi connectivity index (χ1v) is 9.46. The second-order valence-electron chi connectivity index (χ2n) is 6.72. The van der Waals surface area contributed by atoms with E-state index in [0.717, 1.165) is 29.0 Å². The van der Waals surface area contributed by atoms with Gasteiger partial charge in [0.15, 0.2) is 10.1 Å². The lowest BCUT2D eigenvalue weighted by atomic mass is 9.96. The first kappa shape index (κ1) is 16.4. The molecule has 1 unspecified atom stereocenters. The SMILES string of the molecule is COc1ccc(Oc2ccc(C(=O)N[C@@H]3C[C@H]4CCN(C4)C3)cc2)s1. The van der Waals surface area contributed by atoms with Crippen molar-refractivity contribution in [2.75, 3.05) is 26.7 Å². The van der Waals surface area contributed by atoms with Crippen LogP contribution in [0.3, 0.4) is 0 Å². The number of nitrogens with zero attached hydrogens (tertiary/aromatic N) is 1. The molecule has 0 aliphatic carbocycles. The van der Waals surface area contributed by atoms with E-state index < -0.39 is 0 Å². The molecule has 2 fully saturated rings. The van der Waals surface area contributed by atoms with Gasteiger partial charge in [-0.3, -0.25) is 4.79 Å². The molecule has 2 bridgehead atoms. The summed E-state index contributed by atoms with van der Waals surface area (Å²) in [6, 6.07) is 11.3. The topological polar surface area (TPSA) is 50.8 Å². The fourth-order valence-electron chi connectivity index (χ4n) is 3.69. The Hall–Kier alpha value is -2.05. The Morgan fingerprint density at radius 3 is 2.68 bits per heavy atom. The lowest BCUT2D eigenvalue weighted by Crippen LogP contribution is -2.46. The van der Waals surface area contributed by atoms with Gasteiger partial charge in [-0.05, 0) is 61.7 Å². The monoisotopic (exact) mass is 358 g/mol. The van der Waals surface area contributed by atoms with Gasteiger partial charge in [-0.1, -0.05) is 11.3 Å². The number of hydrogen-bond donors (Lipinski definition) is 1. The quantitative estimate of drug-likeness (QED) is 0.890. The highest BCUT2D eigenvalue weighted by atomic mass is 32.1. The Labute approximate surface area is 151 Å². The normalized spacial score (nSPS) is 24.8. The van der Waals surface area contributed by atoms with Gasteiger partial charge in [-0.25, -0.2) is 0 Å². The second kappa shape index (κ2) is 7.06. The Morgan fingerprint density at radius 1 is 1.16 bits per heavy atom. The fraction of sp³-hybridized carbons (Fsp3) is 0.421. The van der Waals surface area contributed by atoms with Crippen LogP contribution in [0.15, 0.2) is 36.4 Å². The van der Waals surface area contributed by atoms with E-state index in [0.29, 0.717) is 11.3 Å². The predicted octanol–water partition coefficient (Wildman–Crippen LogP) is 3.37. The van der Waals surface area contributed by atoms with E-state index in [2.05, 4.69) is 10.2 Å². The molecule has 2 aliphatic rings. The summed E-state index contributed by atoms with van der Waals surface area (Å²) in [4.78, 5) is 14.9. The van der Waals surface area contributed by atoms with Crippen LogP contribution in [0.25, 0.3) is 0 Å². The number of fused-ring (bicyclic) bond motifs is 2. The zero-order valence-electron chi connectivity index (χ0n) is 14.2. The van der Waals surface area contributed by atoms with Crippen molar-refractivity contribution in [2.45, 2.75) is 18.9 Å². The van der Waals surface area contributed by atoms with Crippen LogP contribution in [0, 0.1) is 5.92 Å². The number of carbonyl (C=O) groups excluding carboxylic acids is 1. The summed E-state index contributed by atoms with van der Waals surface area (Å²) >= 11 is 1.44. The average Bonchev–Trinajstić information content (AvgIpc) is 3.21. The van der Waals surface area contributed by atoms with Crippen molar-refractivity contribution in [3.05, 3.63) is 42.0 Å². The van der Waals surface area contributed by atoms with E-state index in [1.54, 1.807) is 7.11 Å². The van der Waals surface area contributed by atoms with Gasteiger partial charge in [0.2, 0.25) is 0 Å². The molecular weight excluding hydrogens is 336 g/mol. The van der Waals surface area contributed by atoms with Crippen LogP contribution in [0.1, 0.15) is 23.2 Å². The van der Waals surface area contributed by atoms with Crippen molar-refractivity contribution in [1.29, 1.82) is 0 Å². The minimum Gasteiger partial charge on any atom is -0.487 e. The summed E-state index contributed by atoms with van der Waals surface area (Å²) in [7, 11) is 1.64. The van der Waals surface area contributed by atoms with E-state index in [-0.39, 0.29) is 11.9 Å². The summed E-state index contributed by atoms with van der Waals surface area (Å²) < 4.78 is 10.9. The number of ether oxygens (including phenoxy) is 2. The van der Waals surface area contributed by atoms with Crippen LogP contribution in [0.4, 0.5) is 0 Å². The van der Waals surface area contributed by atoms with Crippen LogP contribution >= 0.6 is 11.3 Å². The van der Waals surface area contributed by atoms with Crippen molar-refractivity contribution in [1.82, 2.24) is 10.2 Å². The molecule has 2 saturated heterocycles. The van der Waals surface area contributed by atoms with E-state index in [1.807, 2.05) is 36.4 Å². The third-order valence-electron chi connectivity index (χ3n) is 4.89. The Balaban J connectivity index is 1.35. The average molecular weight is 358 g/mol. The number of amides is 1. The Morgan fingerprint density at radius 2 is 1.96 bits per heavy atom. The number of benzene rings is 1. The highest BCUT2D eigenvalue weighted by molar-refractivity contribution is 7.15. The number of nitrogens with one attached hydrogen (secondary N) is 1. The molecule has 0 radical (unpaired) electrons. The van der Waals surface area contributed by atoms with E-state index >= 15 is 0 Å². The molecule has 1 amide bonds. The minimum atomic E-state index is -0.00292. The van der Waals surface area contributed by atoms with Crippen LogP contribution in [-0.4, -0.2) is 43.6 Å². The van der Waals surface area contributed by atoms with Crippen molar-refractivity contribution >= 4 is 17.2 Å². The molecule has 1 N–H and O–H groups in total. The number of carbonyl (C=O) groups is 1. The molecule has 5 nitrogen and oxygen atoms in total. The number of thiophene rings is 1. The predicted molar refractivity (Wildman–Crippen MR) is 97.8 cm³/mol. The smallest absolute Gasteiger partial charge is 0.251 e. The van der Waals surface area contributed by atoms with Crippen molar-refractivity contribution in [3.8, 4) is 15.9 Å². The summed E-state index contributed by atoms with van der Waals surface area (Å²) in [6.07, 6.45) is 2.37. The van der Waals surface area contributed by atoms with E-state index in [4.69, 9.17) is 9.47 Å². The molecule has 132 valence electrons. The summed E-state index contributed by atoms with van der Waals surface area (Å²) in [5.74, 6) is 1.46. The minimum absolute atomic E-state index is 0.00292. The van der Waals surface area contributed by atoms with Crippen LogP contribution in [0.5, 0.6) is 15.9 Å². The second-order valence-corrected chi connectivity index (χ2v) is 7.73. The molecule has 0 spiro atoms. The van der Waals surface area contributed by atoms with Crippen molar-refractivity contribution in [3.63, 3.8) is 0 Å². The first-order valence-electron chi connectivity index (χ1n) is 8.64. The molecule has 6 heteroatoms. The largest absolute Gasteiger partial charge is 0.487 e. The van der Waals surface area contributed by atoms with Gasteiger partial charge in [-0.2, -0.15) is 0 Å². The molecule has 1 aromatic carbocycles. The lowest BCUT2D eigenvalue weighted by Gasteiger charge is -2.30. The molecule has 2 aliphatic heterocycles. The molecule has 3 heterocycles. The Kier molecular flexibility index (Phi) is 4.63. The van der Waals surface area contributed by atoms with E-state index in [1.165, 1.54) is 30.8 Å². The molecule has 3 atom stereocenters. The molecule has 0 saturated carbocycles. The maximum atomic E-state index is 12.5. The Bertz CT molecular complexity index is 731. The highest BCUT2D eigenvalue weighted by Gasteiger charge is 2.32. The fourth-order valence-corrected chi connectivity index (χ4v) is 4.38. The van der Waals surface area contributed by atoms with Gasteiger partial charge in [0, 0.05) is 24.7 Å². The number of piperidine rings is 1. The number of hydrogen-bond acceptors (Lipinski definition) is 5. The highest BCUT2D eigenvalue weighted by Crippen LogP contribution is 2.34. The number of rotatable bonds is 5. The molecule has 25 heavy (non-hydrogen) atoms. The van der Waals surface area contributed by atoms with E-state index in [9.17, 15) is 4.79 Å². The summed E-state index contributed by atoms with van der Waals surface area (Å²) in [6.45, 7) is 3.35. The summed E-state index contributed by atoms with van der Waals surface area (Å²) in [5.41, 5.74) is 0.670. The third kappa shape index (κ3) is 3.80. The van der Waals surface area contributed by atoms with Crippen LogP contribution in [0.2, 0.25) is 0 Å². The van der Waals surface area contributed by atoms with Crippen molar-refractivity contribution in [2.24, 2.45) is 5.92 Å². The van der Waals surface area contributed by atoms with Gasteiger partial charge < -0.3 is 19.7 Å². The zero-order chi connectivity index (χ0) is 17.2. The molecule has 1 aromatic heterocycles. The molecule has 2 aromatic rings. The van der Waals surface area contributed by atoms with Gasteiger partial charge in [0.1, 0.15) is 5.75 Å². The van der Waals surface area contributed by atoms with Gasteiger partial charge >= 0.3 is 0 Å². The van der Waals surface area contributed by atoms with Crippen LogP contribution < -0.4 is 14.8 Å². The summed E-state index contributed by atoms with van der Waals surface area (Å²) in [5, 5.41) is 4.75. The van der Waals surface area contributed by atoms with Gasteiger partial charge in [0.25, 0.3) is 5.91 Å². The number of methoxy groups -OCH3 is 1. The lowest BCUT2D eigenvalue weighted by molar-refractivity contribution is 0.0909. The molecular formula is C19H22N2O3S. The first-order chi connectivity index (χ1) is 12.2. The van der Waals surface area contributed by atoms with Crippen molar-refractivity contribution < 1.29 is 14.3 Å². The maximum Gasteiger partial charge on any atom is 0.251 e. The molecule has 4 rings (SSSR count).